The first-order valence-corrected chi connectivity index (χ1v) is 6.46. The van der Waals surface area contributed by atoms with E-state index in [1.165, 1.54) is 4.68 Å². The van der Waals surface area contributed by atoms with E-state index in [2.05, 4.69) is 15.6 Å². The van der Waals surface area contributed by atoms with Gasteiger partial charge in [-0.25, -0.2) is 4.68 Å². The number of ether oxygens (including phenoxy) is 1. The van der Waals surface area contributed by atoms with Crippen LogP contribution >= 0.6 is 11.6 Å². The molecule has 106 valence electrons. The molecule has 0 saturated heterocycles. The Morgan fingerprint density at radius 1 is 1.45 bits per heavy atom. The Morgan fingerprint density at radius 3 is 2.80 bits per heavy atom. The van der Waals surface area contributed by atoms with E-state index in [1.807, 2.05) is 6.92 Å². The molecule has 2 aromatic rings. The molecule has 1 heterocycles. The van der Waals surface area contributed by atoms with Crippen molar-refractivity contribution in [3.8, 4) is 5.69 Å². The molecule has 0 bridgehead atoms. The number of carbonyl (C=O) groups excluding carboxylic acids is 1. The smallest absolute Gasteiger partial charge is 0.273 e. The van der Waals surface area contributed by atoms with E-state index < -0.39 is 0 Å². The van der Waals surface area contributed by atoms with Gasteiger partial charge in [-0.2, -0.15) is 0 Å². The van der Waals surface area contributed by atoms with Gasteiger partial charge in [0.1, 0.15) is 0 Å². The van der Waals surface area contributed by atoms with Gasteiger partial charge in [-0.3, -0.25) is 4.79 Å². The molecular weight excluding hydrogens is 280 g/mol. The van der Waals surface area contributed by atoms with Crippen LogP contribution in [0.4, 0.5) is 0 Å². The van der Waals surface area contributed by atoms with E-state index in [0.717, 1.165) is 5.69 Å². The molecule has 0 radical (unpaired) electrons. The molecule has 1 N–H and O–H groups in total. The topological polar surface area (TPSA) is 69.0 Å². The number of hydrogen-bond acceptors (Lipinski definition) is 4. The molecule has 20 heavy (non-hydrogen) atoms. The highest BCUT2D eigenvalue weighted by molar-refractivity contribution is 6.30. The van der Waals surface area contributed by atoms with Crippen LogP contribution in [0.5, 0.6) is 0 Å². The molecular formula is C13H15ClN4O2. The maximum atomic E-state index is 11.9. The monoisotopic (exact) mass is 294 g/mol. The molecule has 1 amide bonds. The third-order valence-corrected chi connectivity index (χ3v) is 2.86. The number of nitrogens with one attached hydrogen (secondary N) is 1. The Kier molecular flexibility index (Phi) is 4.70. The molecule has 2 rings (SSSR count). The molecule has 6 nitrogen and oxygen atoms in total. The highest BCUT2D eigenvalue weighted by Crippen LogP contribution is 2.12. The maximum absolute atomic E-state index is 11.9. The fourth-order valence-corrected chi connectivity index (χ4v) is 1.80. The Morgan fingerprint density at radius 2 is 2.15 bits per heavy atom. The molecule has 0 fully saturated rings. The standard InChI is InChI=1S/C13H15ClN4O2/c1-9(8-20-2)15-13(19)12-7-18(17-16-12)11-5-3-10(14)4-6-11/h3-7,9H,8H2,1-2H3,(H,15,19)/t9-/m0/s1. The van der Waals surface area contributed by atoms with E-state index in [4.69, 9.17) is 16.3 Å². The lowest BCUT2D eigenvalue weighted by Gasteiger charge is -2.10. The van der Waals surface area contributed by atoms with Crippen molar-refractivity contribution in [2.45, 2.75) is 13.0 Å². The lowest BCUT2D eigenvalue weighted by Crippen LogP contribution is -2.35. The second kappa shape index (κ2) is 6.49. The molecule has 1 aromatic carbocycles. The fraction of sp³-hybridized carbons (Fsp3) is 0.308. The summed E-state index contributed by atoms with van der Waals surface area (Å²) in [5.74, 6) is -0.283. The fourth-order valence-electron chi connectivity index (χ4n) is 1.68. The number of halogens is 1. The quantitative estimate of drug-likeness (QED) is 0.911. The van der Waals surface area contributed by atoms with Crippen LogP contribution < -0.4 is 5.32 Å². The zero-order valence-corrected chi connectivity index (χ0v) is 12.0. The third kappa shape index (κ3) is 3.55. The van der Waals surface area contributed by atoms with Gasteiger partial charge < -0.3 is 10.1 Å². The van der Waals surface area contributed by atoms with Crippen molar-refractivity contribution < 1.29 is 9.53 Å². The lowest BCUT2D eigenvalue weighted by molar-refractivity contribution is 0.0900. The highest BCUT2D eigenvalue weighted by atomic mass is 35.5. The number of aromatic nitrogens is 3. The van der Waals surface area contributed by atoms with Crippen LogP contribution in [0.2, 0.25) is 5.02 Å². The van der Waals surface area contributed by atoms with Crippen LogP contribution in [0.3, 0.4) is 0 Å². The largest absolute Gasteiger partial charge is 0.383 e. The molecule has 0 aliphatic carbocycles. The average molecular weight is 295 g/mol. The van der Waals surface area contributed by atoms with Crippen molar-refractivity contribution >= 4 is 17.5 Å². The third-order valence-electron chi connectivity index (χ3n) is 2.61. The Bertz CT molecular complexity index is 582. The number of amides is 1. The van der Waals surface area contributed by atoms with Crippen LogP contribution in [0.1, 0.15) is 17.4 Å². The average Bonchev–Trinajstić information content (AvgIpc) is 2.89. The predicted molar refractivity (Wildman–Crippen MR) is 75.2 cm³/mol. The summed E-state index contributed by atoms with van der Waals surface area (Å²) in [7, 11) is 1.58. The predicted octanol–water partition coefficient (Wildman–Crippen LogP) is 1.69. The summed E-state index contributed by atoms with van der Waals surface area (Å²) in [6.45, 7) is 2.29. The zero-order valence-electron chi connectivity index (χ0n) is 11.2. The second-order valence-electron chi connectivity index (χ2n) is 4.35. The summed E-state index contributed by atoms with van der Waals surface area (Å²) in [5.41, 5.74) is 1.04. The zero-order chi connectivity index (χ0) is 14.5. The number of benzene rings is 1. The van der Waals surface area contributed by atoms with Crippen molar-refractivity contribution in [1.82, 2.24) is 20.3 Å². The van der Waals surface area contributed by atoms with E-state index in [-0.39, 0.29) is 17.6 Å². The second-order valence-corrected chi connectivity index (χ2v) is 4.79. The molecule has 0 spiro atoms. The number of methoxy groups -OCH3 is 1. The van der Waals surface area contributed by atoms with Crippen LogP contribution in [-0.4, -0.2) is 40.7 Å². The van der Waals surface area contributed by atoms with Gasteiger partial charge in [-0.1, -0.05) is 16.8 Å². The Balaban J connectivity index is 2.08. The minimum Gasteiger partial charge on any atom is -0.383 e. The van der Waals surface area contributed by atoms with Gasteiger partial charge in [0, 0.05) is 18.2 Å². The minimum absolute atomic E-state index is 0.0896. The van der Waals surface area contributed by atoms with Gasteiger partial charge in [0.05, 0.1) is 18.5 Å². The van der Waals surface area contributed by atoms with Crippen molar-refractivity contribution in [1.29, 1.82) is 0 Å². The Hall–Kier alpha value is -1.92. The molecule has 1 atom stereocenters. The van der Waals surface area contributed by atoms with Crippen molar-refractivity contribution in [2.75, 3.05) is 13.7 Å². The number of carbonyl (C=O) groups is 1. The van der Waals surface area contributed by atoms with E-state index >= 15 is 0 Å². The number of nitrogens with zero attached hydrogens (tertiary/aromatic N) is 3. The van der Waals surface area contributed by atoms with Gasteiger partial charge in [0.15, 0.2) is 5.69 Å². The first kappa shape index (κ1) is 14.5. The number of hydrogen-bond donors (Lipinski definition) is 1. The molecule has 0 saturated carbocycles. The van der Waals surface area contributed by atoms with Crippen LogP contribution in [0.15, 0.2) is 30.5 Å². The van der Waals surface area contributed by atoms with Crippen molar-refractivity contribution in [3.63, 3.8) is 0 Å². The van der Waals surface area contributed by atoms with Crippen LogP contribution in [-0.2, 0) is 4.74 Å². The van der Waals surface area contributed by atoms with E-state index in [9.17, 15) is 4.79 Å². The van der Waals surface area contributed by atoms with Crippen LogP contribution in [0.25, 0.3) is 5.69 Å². The summed E-state index contributed by atoms with van der Waals surface area (Å²) in [5, 5.41) is 11.2. The molecule has 0 unspecified atom stereocenters. The van der Waals surface area contributed by atoms with E-state index in [1.54, 1.807) is 37.6 Å². The van der Waals surface area contributed by atoms with E-state index in [0.29, 0.717) is 11.6 Å². The first-order chi connectivity index (χ1) is 9.60. The first-order valence-electron chi connectivity index (χ1n) is 6.08. The Labute approximate surface area is 121 Å². The van der Waals surface area contributed by atoms with Crippen LogP contribution in [0, 0.1) is 0 Å². The van der Waals surface area contributed by atoms with Crippen molar-refractivity contribution in [3.05, 3.63) is 41.2 Å². The number of rotatable bonds is 5. The molecule has 7 heteroatoms. The minimum atomic E-state index is -0.283. The maximum Gasteiger partial charge on any atom is 0.273 e. The molecule has 0 aliphatic rings. The van der Waals surface area contributed by atoms with Gasteiger partial charge in [-0.05, 0) is 31.2 Å². The van der Waals surface area contributed by atoms with Crippen molar-refractivity contribution in [2.24, 2.45) is 0 Å². The van der Waals surface area contributed by atoms with Gasteiger partial charge in [0.25, 0.3) is 5.91 Å². The van der Waals surface area contributed by atoms with Gasteiger partial charge in [0.2, 0.25) is 0 Å². The lowest BCUT2D eigenvalue weighted by atomic mass is 10.3. The summed E-state index contributed by atoms with van der Waals surface area (Å²) in [4.78, 5) is 11.9. The summed E-state index contributed by atoms with van der Waals surface area (Å²) in [6.07, 6.45) is 1.57. The molecule has 1 aromatic heterocycles. The molecule has 0 aliphatic heterocycles. The van der Waals surface area contributed by atoms with Gasteiger partial charge in [-0.15, -0.1) is 5.10 Å². The SMILES string of the molecule is COC[C@H](C)NC(=O)c1cn(-c2ccc(Cl)cc2)nn1. The highest BCUT2D eigenvalue weighted by Gasteiger charge is 2.13. The van der Waals surface area contributed by atoms with Gasteiger partial charge >= 0.3 is 0 Å². The summed E-state index contributed by atoms with van der Waals surface area (Å²) < 4.78 is 6.48. The summed E-state index contributed by atoms with van der Waals surface area (Å²) in [6, 6.07) is 7.00. The summed E-state index contributed by atoms with van der Waals surface area (Å²) >= 11 is 5.82. The normalized spacial score (nSPS) is 12.2.